The molecule has 0 aliphatic carbocycles. The van der Waals surface area contributed by atoms with Crippen LogP contribution >= 0.6 is 11.3 Å². The van der Waals surface area contributed by atoms with E-state index in [0.717, 1.165) is 63.9 Å². The number of hydrogen-bond donors (Lipinski definition) is 2. The fourth-order valence-corrected chi connectivity index (χ4v) is 5.10. The number of guanidine groups is 1. The number of likely N-dealkylation sites (tertiary alicyclic amines) is 1. The highest BCUT2D eigenvalue weighted by Gasteiger charge is 2.20. The normalized spacial score (nSPS) is 19.4. The molecule has 0 saturated carbocycles. The number of ether oxygens (including phenoxy) is 1. The Balaban J connectivity index is 1.24. The zero-order chi connectivity index (χ0) is 20.6. The number of rotatable bonds is 8. The highest BCUT2D eigenvalue weighted by molar-refractivity contribution is 7.09. The van der Waals surface area contributed by atoms with Crippen molar-refractivity contribution in [2.24, 2.45) is 10.9 Å². The van der Waals surface area contributed by atoms with Crippen molar-refractivity contribution in [3.05, 3.63) is 51.7 Å². The standard InChI is InChI=1S/C24H34N4OS/c1-2-25-24(26-11-9-19-7-8-23-21(15-19)10-13-29-23)27-16-20-5-3-12-28(17-20)18-22-6-4-14-30-22/h4,6-8,14-15,20H,2-3,5,9-13,16-18H2,1H3,(H2,25,26,27). The number of fused-ring (bicyclic) bond motifs is 1. The average molecular weight is 427 g/mol. The quantitative estimate of drug-likeness (QED) is 0.499. The summed E-state index contributed by atoms with van der Waals surface area (Å²) in [5.74, 6) is 2.64. The van der Waals surface area contributed by atoms with E-state index in [2.05, 4.69) is 58.2 Å². The number of piperidine rings is 1. The molecule has 30 heavy (non-hydrogen) atoms. The summed E-state index contributed by atoms with van der Waals surface area (Å²) in [7, 11) is 0. The summed E-state index contributed by atoms with van der Waals surface area (Å²) in [5, 5.41) is 9.10. The first kappa shape index (κ1) is 21.2. The lowest BCUT2D eigenvalue weighted by molar-refractivity contribution is 0.172. The van der Waals surface area contributed by atoms with Gasteiger partial charge in [0, 0.05) is 44.0 Å². The molecular formula is C24H34N4OS. The molecule has 2 aromatic rings. The Morgan fingerprint density at radius 2 is 2.27 bits per heavy atom. The van der Waals surface area contributed by atoms with Gasteiger partial charge in [-0.15, -0.1) is 11.3 Å². The molecule has 0 spiro atoms. The summed E-state index contributed by atoms with van der Waals surface area (Å²) in [6, 6.07) is 11.0. The van der Waals surface area contributed by atoms with E-state index in [1.807, 2.05) is 11.3 Å². The maximum absolute atomic E-state index is 5.61. The largest absolute Gasteiger partial charge is 0.493 e. The van der Waals surface area contributed by atoms with E-state index >= 15 is 0 Å². The van der Waals surface area contributed by atoms with E-state index in [4.69, 9.17) is 9.73 Å². The second-order valence-corrected chi connectivity index (χ2v) is 9.29. The summed E-state index contributed by atoms with van der Waals surface area (Å²) in [6.45, 7) is 9.06. The summed E-state index contributed by atoms with van der Waals surface area (Å²) in [5.41, 5.74) is 2.71. The predicted molar refractivity (Wildman–Crippen MR) is 126 cm³/mol. The summed E-state index contributed by atoms with van der Waals surface area (Å²) < 4.78 is 5.61. The van der Waals surface area contributed by atoms with Gasteiger partial charge in [-0.2, -0.15) is 0 Å². The van der Waals surface area contributed by atoms with Gasteiger partial charge in [0.1, 0.15) is 5.75 Å². The minimum atomic E-state index is 0.644. The molecule has 2 N–H and O–H groups in total. The van der Waals surface area contributed by atoms with Crippen LogP contribution in [0, 0.1) is 5.92 Å². The van der Waals surface area contributed by atoms with Crippen molar-refractivity contribution in [1.82, 2.24) is 15.5 Å². The fourth-order valence-electron chi connectivity index (χ4n) is 4.35. The average Bonchev–Trinajstić information content (AvgIpc) is 3.44. The summed E-state index contributed by atoms with van der Waals surface area (Å²) in [4.78, 5) is 8.96. The SMILES string of the molecule is CCNC(=NCC1CCCN(Cc2cccs2)C1)NCCc1ccc2c(c1)CCO2. The first-order valence-corrected chi connectivity index (χ1v) is 12.2. The predicted octanol–water partition coefficient (Wildman–Crippen LogP) is 3.69. The molecule has 1 saturated heterocycles. The van der Waals surface area contributed by atoms with Crippen molar-refractivity contribution in [3.8, 4) is 5.75 Å². The van der Waals surface area contributed by atoms with Gasteiger partial charge in [-0.05, 0) is 67.3 Å². The third kappa shape index (κ3) is 5.99. The van der Waals surface area contributed by atoms with E-state index in [1.165, 1.54) is 35.4 Å². The molecule has 1 fully saturated rings. The van der Waals surface area contributed by atoms with Crippen LogP contribution in [0.1, 0.15) is 35.8 Å². The number of nitrogens with zero attached hydrogens (tertiary/aromatic N) is 2. The highest BCUT2D eigenvalue weighted by Crippen LogP contribution is 2.26. The molecule has 1 aromatic carbocycles. The first-order valence-electron chi connectivity index (χ1n) is 11.3. The van der Waals surface area contributed by atoms with Crippen molar-refractivity contribution >= 4 is 17.3 Å². The van der Waals surface area contributed by atoms with Crippen LogP contribution in [0.25, 0.3) is 0 Å². The number of nitrogens with one attached hydrogen (secondary N) is 2. The van der Waals surface area contributed by atoms with E-state index < -0.39 is 0 Å². The maximum atomic E-state index is 5.61. The molecule has 6 heteroatoms. The molecule has 3 heterocycles. The maximum Gasteiger partial charge on any atom is 0.191 e. The van der Waals surface area contributed by atoms with Crippen molar-refractivity contribution < 1.29 is 4.74 Å². The zero-order valence-corrected chi connectivity index (χ0v) is 18.8. The fraction of sp³-hybridized carbons (Fsp3) is 0.542. The Morgan fingerprint density at radius 1 is 1.30 bits per heavy atom. The van der Waals surface area contributed by atoms with Crippen molar-refractivity contribution in [3.63, 3.8) is 0 Å². The van der Waals surface area contributed by atoms with Crippen LogP contribution in [-0.2, 0) is 19.4 Å². The summed E-state index contributed by atoms with van der Waals surface area (Å²) >= 11 is 1.86. The molecule has 0 radical (unpaired) electrons. The molecule has 5 nitrogen and oxygen atoms in total. The van der Waals surface area contributed by atoms with Crippen LogP contribution in [0.15, 0.2) is 40.7 Å². The van der Waals surface area contributed by atoms with Crippen LogP contribution in [0.3, 0.4) is 0 Å². The van der Waals surface area contributed by atoms with E-state index in [9.17, 15) is 0 Å². The molecule has 2 aliphatic rings. The van der Waals surface area contributed by atoms with Crippen LogP contribution in [0.5, 0.6) is 5.75 Å². The van der Waals surface area contributed by atoms with Crippen LogP contribution < -0.4 is 15.4 Å². The van der Waals surface area contributed by atoms with Gasteiger partial charge in [0.05, 0.1) is 6.61 Å². The van der Waals surface area contributed by atoms with Crippen LogP contribution in [0.2, 0.25) is 0 Å². The second kappa shape index (κ2) is 10.8. The number of aliphatic imine (C=N–C) groups is 1. The van der Waals surface area contributed by atoms with Crippen LogP contribution in [0.4, 0.5) is 0 Å². The van der Waals surface area contributed by atoms with Gasteiger partial charge < -0.3 is 15.4 Å². The Bertz CT molecular complexity index is 821. The second-order valence-electron chi connectivity index (χ2n) is 8.26. The van der Waals surface area contributed by atoms with Gasteiger partial charge in [0.15, 0.2) is 5.96 Å². The number of benzene rings is 1. The minimum absolute atomic E-state index is 0.644. The molecule has 2 aliphatic heterocycles. The van der Waals surface area contributed by atoms with E-state index in [1.54, 1.807) is 0 Å². The molecule has 1 aromatic heterocycles. The van der Waals surface area contributed by atoms with Crippen molar-refractivity contribution in [1.29, 1.82) is 0 Å². The monoisotopic (exact) mass is 426 g/mol. The van der Waals surface area contributed by atoms with Crippen LogP contribution in [-0.4, -0.2) is 50.2 Å². The third-order valence-corrected chi connectivity index (χ3v) is 6.74. The minimum Gasteiger partial charge on any atom is -0.493 e. The smallest absolute Gasteiger partial charge is 0.191 e. The Hall–Kier alpha value is -2.05. The molecule has 0 amide bonds. The first-order chi connectivity index (χ1) is 14.8. The van der Waals surface area contributed by atoms with Gasteiger partial charge in [-0.25, -0.2) is 0 Å². The van der Waals surface area contributed by atoms with Gasteiger partial charge in [-0.1, -0.05) is 18.2 Å². The van der Waals surface area contributed by atoms with E-state index in [0.29, 0.717) is 5.92 Å². The lowest BCUT2D eigenvalue weighted by atomic mass is 9.98. The molecule has 0 bridgehead atoms. The van der Waals surface area contributed by atoms with Gasteiger partial charge in [0.25, 0.3) is 0 Å². The highest BCUT2D eigenvalue weighted by atomic mass is 32.1. The van der Waals surface area contributed by atoms with Gasteiger partial charge in [-0.3, -0.25) is 9.89 Å². The Morgan fingerprint density at radius 3 is 3.13 bits per heavy atom. The summed E-state index contributed by atoms with van der Waals surface area (Å²) in [6.07, 6.45) is 4.58. The molecule has 4 rings (SSSR count). The molecule has 1 atom stereocenters. The van der Waals surface area contributed by atoms with E-state index in [-0.39, 0.29) is 0 Å². The van der Waals surface area contributed by atoms with Gasteiger partial charge in [0.2, 0.25) is 0 Å². The molecule has 1 unspecified atom stereocenters. The zero-order valence-electron chi connectivity index (χ0n) is 18.0. The Kier molecular flexibility index (Phi) is 7.65. The third-order valence-electron chi connectivity index (χ3n) is 5.87. The number of hydrogen-bond acceptors (Lipinski definition) is 4. The van der Waals surface area contributed by atoms with Crippen molar-refractivity contribution in [2.75, 3.05) is 39.3 Å². The van der Waals surface area contributed by atoms with Crippen molar-refractivity contribution in [2.45, 2.75) is 39.2 Å². The molecule has 162 valence electrons. The van der Waals surface area contributed by atoms with Gasteiger partial charge >= 0.3 is 0 Å². The number of thiophene rings is 1. The molecular weight excluding hydrogens is 392 g/mol. The topological polar surface area (TPSA) is 48.9 Å². The lowest BCUT2D eigenvalue weighted by Crippen LogP contribution is -2.40. The Labute approximate surface area is 184 Å². The lowest BCUT2D eigenvalue weighted by Gasteiger charge is -2.31.